The lowest BCUT2D eigenvalue weighted by atomic mass is 9.96. The monoisotopic (exact) mass is 430 g/mol. The fourth-order valence-electron chi connectivity index (χ4n) is 4.33. The highest BCUT2D eigenvalue weighted by atomic mass is 16.5. The van der Waals surface area contributed by atoms with Crippen LogP contribution in [0.4, 0.5) is 11.5 Å². The Labute approximate surface area is 189 Å². The molecule has 1 unspecified atom stereocenters. The number of methoxy groups -OCH3 is 1. The minimum absolute atomic E-state index is 0.0497. The van der Waals surface area contributed by atoms with Crippen molar-refractivity contribution in [3.05, 3.63) is 66.2 Å². The molecular formula is C26H30N4O2. The molecule has 0 saturated carbocycles. The molecule has 6 heteroatoms. The Morgan fingerprint density at radius 1 is 1.09 bits per heavy atom. The van der Waals surface area contributed by atoms with Crippen molar-refractivity contribution in [1.29, 1.82) is 0 Å². The highest BCUT2D eigenvalue weighted by molar-refractivity contribution is 5.96. The molecule has 2 aromatic carbocycles. The number of aromatic nitrogens is 2. The standard InChI is InChI=1S/C26H30N4O2/c1-4-30(24-10-6-5-8-19(24)2)26(31)21-9-7-17-29(18-21)25-16-15-23(27-28-25)20-11-13-22(32-3)14-12-20/h5-6,8,10-16,21H,4,7,9,17-18H2,1-3H3. The summed E-state index contributed by atoms with van der Waals surface area (Å²) in [6.45, 7) is 6.30. The second-order valence-corrected chi connectivity index (χ2v) is 8.16. The van der Waals surface area contributed by atoms with Crippen molar-refractivity contribution in [3.63, 3.8) is 0 Å². The number of nitrogens with zero attached hydrogens (tertiary/aromatic N) is 4. The van der Waals surface area contributed by atoms with Gasteiger partial charge in [-0.25, -0.2) is 0 Å². The normalized spacial score (nSPS) is 16.0. The first-order chi connectivity index (χ1) is 15.6. The van der Waals surface area contributed by atoms with E-state index in [9.17, 15) is 4.79 Å². The van der Waals surface area contributed by atoms with Crippen molar-refractivity contribution in [2.24, 2.45) is 5.92 Å². The van der Waals surface area contributed by atoms with Gasteiger partial charge in [-0.2, -0.15) is 0 Å². The molecule has 0 N–H and O–H groups in total. The summed E-state index contributed by atoms with van der Waals surface area (Å²) in [6, 6.07) is 19.9. The van der Waals surface area contributed by atoms with E-state index in [4.69, 9.17) is 4.74 Å². The number of benzene rings is 2. The van der Waals surface area contributed by atoms with Crippen LogP contribution in [0.25, 0.3) is 11.3 Å². The second kappa shape index (κ2) is 9.81. The first-order valence-corrected chi connectivity index (χ1v) is 11.2. The molecule has 1 fully saturated rings. The van der Waals surface area contributed by atoms with Gasteiger partial charge in [-0.3, -0.25) is 4.79 Å². The minimum atomic E-state index is -0.0497. The quantitative estimate of drug-likeness (QED) is 0.566. The number of para-hydroxylation sites is 1. The molecule has 6 nitrogen and oxygen atoms in total. The molecule has 0 radical (unpaired) electrons. The largest absolute Gasteiger partial charge is 0.497 e. The van der Waals surface area contributed by atoms with Crippen LogP contribution >= 0.6 is 0 Å². The topological polar surface area (TPSA) is 58.6 Å². The number of hydrogen-bond acceptors (Lipinski definition) is 5. The first kappa shape index (κ1) is 21.8. The lowest BCUT2D eigenvalue weighted by molar-refractivity contribution is -0.122. The van der Waals surface area contributed by atoms with Crippen LogP contribution in [-0.4, -0.2) is 42.8 Å². The highest BCUT2D eigenvalue weighted by Gasteiger charge is 2.30. The van der Waals surface area contributed by atoms with Crippen LogP contribution in [0.1, 0.15) is 25.3 Å². The Morgan fingerprint density at radius 2 is 1.88 bits per heavy atom. The van der Waals surface area contributed by atoms with Crippen molar-refractivity contribution in [1.82, 2.24) is 10.2 Å². The molecule has 1 aliphatic heterocycles. The van der Waals surface area contributed by atoms with Crippen LogP contribution in [0.15, 0.2) is 60.7 Å². The average Bonchev–Trinajstić information content (AvgIpc) is 2.86. The van der Waals surface area contributed by atoms with Crippen molar-refractivity contribution >= 4 is 17.4 Å². The minimum Gasteiger partial charge on any atom is -0.497 e. The van der Waals surface area contributed by atoms with Crippen LogP contribution < -0.4 is 14.5 Å². The summed E-state index contributed by atoms with van der Waals surface area (Å²) in [5, 5.41) is 8.90. The summed E-state index contributed by atoms with van der Waals surface area (Å²) in [4.78, 5) is 17.5. The maximum absolute atomic E-state index is 13.4. The number of aryl methyl sites for hydroxylation is 1. The van der Waals surface area contributed by atoms with Crippen LogP contribution in [0, 0.1) is 12.8 Å². The van der Waals surface area contributed by atoms with Gasteiger partial charge in [0.05, 0.1) is 18.7 Å². The van der Waals surface area contributed by atoms with Crippen LogP contribution in [0.5, 0.6) is 5.75 Å². The maximum Gasteiger partial charge on any atom is 0.231 e. The Balaban J connectivity index is 1.47. The van der Waals surface area contributed by atoms with Gasteiger partial charge >= 0.3 is 0 Å². The number of carbonyl (C=O) groups is 1. The Morgan fingerprint density at radius 3 is 2.53 bits per heavy atom. The third kappa shape index (κ3) is 4.59. The van der Waals surface area contributed by atoms with E-state index in [0.717, 1.165) is 53.5 Å². The third-order valence-electron chi connectivity index (χ3n) is 6.12. The lowest BCUT2D eigenvalue weighted by Gasteiger charge is -2.35. The fraction of sp³-hybridized carbons (Fsp3) is 0.346. The molecule has 0 spiro atoms. The molecule has 3 aromatic rings. The first-order valence-electron chi connectivity index (χ1n) is 11.2. The van der Waals surface area contributed by atoms with Crippen LogP contribution in [0.3, 0.4) is 0 Å². The summed E-state index contributed by atoms with van der Waals surface area (Å²) in [5.74, 6) is 1.77. The fourth-order valence-corrected chi connectivity index (χ4v) is 4.33. The summed E-state index contributed by atoms with van der Waals surface area (Å²) >= 11 is 0. The summed E-state index contributed by atoms with van der Waals surface area (Å²) < 4.78 is 5.22. The van der Waals surface area contributed by atoms with Gasteiger partial charge in [0, 0.05) is 30.9 Å². The van der Waals surface area contributed by atoms with E-state index in [2.05, 4.69) is 28.1 Å². The zero-order valence-electron chi connectivity index (χ0n) is 19.0. The molecular weight excluding hydrogens is 400 g/mol. The van der Waals surface area contributed by atoms with E-state index in [1.807, 2.05) is 66.4 Å². The molecule has 1 amide bonds. The van der Waals surface area contributed by atoms with Gasteiger partial charge in [-0.05, 0) is 74.7 Å². The second-order valence-electron chi connectivity index (χ2n) is 8.16. The number of carbonyl (C=O) groups excluding carboxylic acids is 1. The molecule has 166 valence electrons. The number of amides is 1. The molecule has 1 aromatic heterocycles. The number of piperidine rings is 1. The van der Waals surface area contributed by atoms with Gasteiger partial charge in [-0.1, -0.05) is 18.2 Å². The molecule has 1 aliphatic rings. The van der Waals surface area contributed by atoms with Crippen molar-refractivity contribution in [3.8, 4) is 17.0 Å². The average molecular weight is 431 g/mol. The molecule has 0 bridgehead atoms. The summed E-state index contributed by atoms with van der Waals surface area (Å²) in [5.41, 5.74) is 3.93. The number of ether oxygens (including phenoxy) is 1. The number of rotatable bonds is 6. The van der Waals surface area contributed by atoms with Crippen LogP contribution in [0.2, 0.25) is 0 Å². The van der Waals surface area contributed by atoms with Crippen molar-refractivity contribution in [2.75, 3.05) is 36.5 Å². The number of anilines is 2. The summed E-state index contributed by atoms with van der Waals surface area (Å²) in [7, 11) is 1.65. The predicted octanol–water partition coefficient (Wildman–Crippen LogP) is 4.73. The van der Waals surface area contributed by atoms with Crippen molar-refractivity contribution in [2.45, 2.75) is 26.7 Å². The number of hydrogen-bond donors (Lipinski definition) is 0. The van der Waals surface area contributed by atoms with E-state index in [1.54, 1.807) is 7.11 Å². The molecule has 2 heterocycles. The van der Waals surface area contributed by atoms with Gasteiger partial charge in [0.25, 0.3) is 0 Å². The summed E-state index contributed by atoms with van der Waals surface area (Å²) in [6.07, 6.45) is 1.86. The SMILES string of the molecule is CCN(C(=O)C1CCCN(c2ccc(-c3ccc(OC)cc3)nn2)C1)c1ccccc1C. The Hall–Kier alpha value is -3.41. The van der Waals surface area contributed by atoms with E-state index in [0.29, 0.717) is 13.1 Å². The van der Waals surface area contributed by atoms with E-state index in [-0.39, 0.29) is 11.8 Å². The molecule has 1 atom stereocenters. The zero-order chi connectivity index (χ0) is 22.5. The van der Waals surface area contributed by atoms with E-state index >= 15 is 0 Å². The van der Waals surface area contributed by atoms with Gasteiger partial charge in [0.1, 0.15) is 5.75 Å². The highest BCUT2D eigenvalue weighted by Crippen LogP contribution is 2.28. The molecule has 1 saturated heterocycles. The Kier molecular flexibility index (Phi) is 6.69. The smallest absolute Gasteiger partial charge is 0.231 e. The zero-order valence-corrected chi connectivity index (χ0v) is 19.0. The van der Waals surface area contributed by atoms with Gasteiger partial charge < -0.3 is 14.5 Å². The maximum atomic E-state index is 13.4. The molecule has 0 aliphatic carbocycles. The molecule has 32 heavy (non-hydrogen) atoms. The lowest BCUT2D eigenvalue weighted by Crippen LogP contribution is -2.45. The molecule has 4 rings (SSSR count). The predicted molar refractivity (Wildman–Crippen MR) is 128 cm³/mol. The van der Waals surface area contributed by atoms with E-state index in [1.165, 1.54) is 0 Å². The van der Waals surface area contributed by atoms with Gasteiger partial charge in [0.15, 0.2) is 5.82 Å². The van der Waals surface area contributed by atoms with E-state index < -0.39 is 0 Å². The Bertz CT molecular complexity index is 1050. The van der Waals surface area contributed by atoms with Crippen LogP contribution in [-0.2, 0) is 4.79 Å². The van der Waals surface area contributed by atoms with Crippen molar-refractivity contribution < 1.29 is 9.53 Å². The van der Waals surface area contributed by atoms with Gasteiger partial charge in [0.2, 0.25) is 5.91 Å². The third-order valence-corrected chi connectivity index (χ3v) is 6.12. The van der Waals surface area contributed by atoms with Gasteiger partial charge in [-0.15, -0.1) is 10.2 Å².